The third kappa shape index (κ3) is 4.34. The van der Waals surface area contributed by atoms with Crippen LogP contribution in [0.4, 0.5) is 0 Å². The largest absolute Gasteiger partial charge is 0.456 e. The zero-order valence-corrected chi connectivity index (χ0v) is 19.4. The van der Waals surface area contributed by atoms with E-state index in [-0.39, 0.29) is 10.6 Å². The number of benzene rings is 3. The van der Waals surface area contributed by atoms with Gasteiger partial charge >= 0.3 is 10.1 Å². The van der Waals surface area contributed by atoms with Gasteiger partial charge in [0.1, 0.15) is 10.7 Å². The van der Waals surface area contributed by atoms with E-state index < -0.39 is 15.5 Å². The molecule has 1 heterocycles. The summed E-state index contributed by atoms with van der Waals surface area (Å²) in [6, 6.07) is 25.9. The highest BCUT2D eigenvalue weighted by atomic mass is 32.2. The van der Waals surface area contributed by atoms with E-state index in [0.717, 1.165) is 16.7 Å². The van der Waals surface area contributed by atoms with Crippen LogP contribution in [0, 0.1) is 6.92 Å². The Morgan fingerprint density at radius 2 is 1.28 bits per heavy atom. The molecular weight excluding hydrogens is 420 g/mol. The van der Waals surface area contributed by atoms with E-state index in [1.807, 2.05) is 88.4 Å². The molecule has 0 saturated carbocycles. The molecule has 5 heteroatoms. The lowest BCUT2D eigenvalue weighted by atomic mass is 9.91. The molecule has 164 valence electrons. The van der Waals surface area contributed by atoms with Gasteiger partial charge in [-0.2, -0.15) is 8.42 Å². The molecule has 4 rings (SSSR count). The SMILES string of the molecule is Cc1ccc(S(=O)(=O)Oc2c(C(C)(C)C)oc(-c3ccccc3)c2-c2ccccc2)cc1. The van der Waals surface area contributed by atoms with Gasteiger partial charge in [-0.05, 0) is 24.6 Å². The zero-order valence-electron chi connectivity index (χ0n) is 18.6. The van der Waals surface area contributed by atoms with Crippen molar-refractivity contribution in [2.75, 3.05) is 0 Å². The fourth-order valence-electron chi connectivity index (χ4n) is 3.51. The fourth-order valence-corrected chi connectivity index (χ4v) is 4.46. The maximum Gasteiger partial charge on any atom is 0.339 e. The maximum absolute atomic E-state index is 13.3. The second-order valence-corrected chi connectivity index (χ2v) is 10.3. The lowest BCUT2D eigenvalue weighted by molar-refractivity contribution is 0.391. The summed E-state index contributed by atoms with van der Waals surface area (Å²) in [5.41, 5.74) is 2.77. The normalized spacial score (nSPS) is 12.0. The minimum Gasteiger partial charge on any atom is -0.456 e. The van der Waals surface area contributed by atoms with E-state index in [9.17, 15) is 8.42 Å². The summed E-state index contributed by atoms with van der Waals surface area (Å²) in [7, 11) is -4.07. The van der Waals surface area contributed by atoms with Crippen LogP contribution in [0.3, 0.4) is 0 Å². The van der Waals surface area contributed by atoms with E-state index in [0.29, 0.717) is 17.1 Å². The number of rotatable bonds is 5. The van der Waals surface area contributed by atoms with Crippen LogP contribution in [-0.4, -0.2) is 8.42 Å². The Morgan fingerprint density at radius 1 is 0.750 bits per heavy atom. The Bertz CT molecular complexity index is 1310. The van der Waals surface area contributed by atoms with Crippen molar-refractivity contribution in [1.82, 2.24) is 0 Å². The van der Waals surface area contributed by atoms with Crippen LogP contribution in [0.2, 0.25) is 0 Å². The minimum atomic E-state index is -4.07. The van der Waals surface area contributed by atoms with E-state index >= 15 is 0 Å². The summed E-state index contributed by atoms with van der Waals surface area (Å²) >= 11 is 0. The topological polar surface area (TPSA) is 56.5 Å². The fraction of sp³-hybridized carbons (Fsp3) is 0.185. The van der Waals surface area contributed by atoms with E-state index in [1.54, 1.807) is 24.3 Å². The van der Waals surface area contributed by atoms with Gasteiger partial charge in [-0.25, -0.2) is 0 Å². The van der Waals surface area contributed by atoms with Crippen molar-refractivity contribution < 1.29 is 17.0 Å². The Morgan fingerprint density at radius 3 is 1.81 bits per heavy atom. The van der Waals surface area contributed by atoms with Crippen molar-refractivity contribution in [2.24, 2.45) is 0 Å². The van der Waals surface area contributed by atoms with Gasteiger partial charge in [0.15, 0.2) is 11.5 Å². The lowest BCUT2D eigenvalue weighted by Gasteiger charge is -2.18. The van der Waals surface area contributed by atoms with Crippen LogP contribution >= 0.6 is 0 Å². The van der Waals surface area contributed by atoms with Gasteiger partial charge in [0, 0.05) is 11.0 Å². The minimum absolute atomic E-state index is 0.101. The molecule has 0 amide bonds. The van der Waals surface area contributed by atoms with Crippen molar-refractivity contribution >= 4 is 10.1 Å². The second kappa shape index (κ2) is 8.32. The lowest BCUT2D eigenvalue weighted by Crippen LogP contribution is -2.16. The summed E-state index contributed by atoms with van der Waals surface area (Å²) < 4.78 is 38.7. The predicted molar refractivity (Wildman–Crippen MR) is 127 cm³/mol. The molecule has 32 heavy (non-hydrogen) atoms. The molecule has 0 aliphatic rings. The number of aryl methyl sites for hydroxylation is 1. The first-order valence-corrected chi connectivity index (χ1v) is 11.9. The van der Waals surface area contributed by atoms with Crippen molar-refractivity contribution in [3.05, 3.63) is 96.3 Å². The molecule has 0 aliphatic heterocycles. The molecule has 4 aromatic rings. The van der Waals surface area contributed by atoms with Crippen molar-refractivity contribution in [1.29, 1.82) is 0 Å². The standard InChI is InChI=1S/C27H26O4S/c1-19-15-17-22(18-16-19)32(28,29)31-25-23(20-11-7-5-8-12-20)24(21-13-9-6-10-14-21)30-26(25)27(2,3)4/h5-18H,1-4H3. The van der Waals surface area contributed by atoms with Crippen LogP contribution in [0.25, 0.3) is 22.5 Å². The average Bonchev–Trinajstić information content (AvgIpc) is 3.14. The zero-order chi connectivity index (χ0) is 22.9. The molecule has 0 atom stereocenters. The molecule has 4 nitrogen and oxygen atoms in total. The molecule has 0 N–H and O–H groups in total. The summed E-state index contributed by atoms with van der Waals surface area (Å²) in [6.07, 6.45) is 0. The highest BCUT2D eigenvalue weighted by molar-refractivity contribution is 7.87. The molecule has 3 aromatic carbocycles. The van der Waals surface area contributed by atoms with Crippen LogP contribution in [0.5, 0.6) is 5.75 Å². The third-order valence-electron chi connectivity index (χ3n) is 5.15. The van der Waals surface area contributed by atoms with Crippen LogP contribution in [0.15, 0.2) is 94.2 Å². The van der Waals surface area contributed by atoms with Crippen LogP contribution in [0.1, 0.15) is 32.1 Å². The average molecular weight is 447 g/mol. The number of hydrogen-bond donors (Lipinski definition) is 0. The summed E-state index contributed by atoms with van der Waals surface area (Å²) in [5.74, 6) is 1.28. The van der Waals surface area contributed by atoms with Crippen LogP contribution in [-0.2, 0) is 15.5 Å². The molecule has 0 spiro atoms. The smallest absolute Gasteiger partial charge is 0.339 e. The molecule has 0 aliphatic carbocycles. The Balaban J connectivity index is 1.98. The highest BCUT2D eigenvalue weighted by Gasteiger charge is 2.34. The monoisotopic (exact) mass is 446 g/mol. The molecule has 0 radical (unpaired) electrons. The molecule has 0 unspecified atom stereocenters. The number of hydrogen-bond acceptors (Lipinski definition) is 4. The van der Waals surface area contributed by atoms with E-state index in [1.165, 1.54) is 0 Å². The Labute approximate surface area is 189 Å². The predicted octanol–water partition coefficient (Wildman–Crippen LogP) is 6.99. The van der Waals surface area contributed by atoms with Gasteiger partial charge in [0.2, 0.25) is 0 Å². The van der Waals surface area contributed by atoms with E-state index in [2.05, 4.69) is 0 Å². The van der Waals surface area contributed by atoms with Crippen molar-refractivity contribution in [3.63, 3.8) is 0 Å². The maximum atomic E-state index is 13.3. The molecule has 0 fully saturated rings. The summed E-state index contributed by atoms with van der Waals surface area (Å²) in [6.45, 7) is 7.83. The van der Waals surface area contributed by atoms with Gasteiger partial charge in [-0.3, -0.25) is 0 Å². The highest BCUT2D eigenvalue weighted by Crippen LogP contribution is 2.48. The first kappa shape index (κ1) is 21.9. The molecule has 0 bridgehead atoms. The molecule has 1 aromatic heterocycles. The van der Waals surface area contributed by atoms with Gasteiger partial charge in [-0.15, -0.1) is 0 Å². The van der Waals surface area contributed by atoms with Gasteiger partial charge in [0.05, 0.1) is 5.56 Å². The second-order valence-electron chi connectivity index (χ2n) is 8.80. The van der Waals surface area contributed by atoms with Gasteiger partial charge in [0.25, 0.3) is 0 Å². The quantitative estimate of drug-likeness (QED) is 0.310. The molecular formula is C27H26O4S. The van der Waals surface area contributed by atoms with E-state index in [4.69, 9.17) is 8.60 Å². The summed E-state index contributed by atoms with van der Waals surface area (Å²) in [5, 5.41) is 0. The van der Waals surface area contributed by atoms with Gasteiger partial charge < -0.3 is 8.60 Å². The third-order valence-corrected chi connectivity index (χ3v) is 6.38. The van der Waals surface area contributed by atoms with Crippen molar-refractivity contribution in [3.8, 4) is 28.2 Å². The first-order chi connectivity index (χ1) is 15.2. The molecule has 0 saturated heterocycles. The summed E-state index contributed by atoms with van der Waals surface area (Å²) in [4.78, 5) is 0.101. The Hall–Kier alpha value is -3.31. The Kier molecular flexibility index (Phi) is 5.70. The number of furan rings is 1. The first-order valence-electron chi connectivity index (χ1n) is 10.5. The van der Waals surface area contributed by atoms with Gasteiger partial charge in [-0.1, -0.05) is 99.1 Å². The van der Waals surface area contributed by atoms with Crippen LogP contribution < -0.4 is 4.18 Å². The van der Waals surface area contributed by atoms with Crippen molar-refractivity contribution in [2.45, 2.75) is 38.0 Å².